The summed E-state index contributed by atoms with van der Waals surface area (Å²) in [6.45, 7) is 2.35. The number of halogens is 1. The van der Waals surface area contributed by atoms with Crippen LogP contribution in [0.1, 0.15) is 22.8 Å². The van der Waals surface area contributed by atoms with Crippen molar-refractivity contribution in [3.05, 3.63) is 99.4 Å². The lowest BCUT2D eigenvalue weighted by Gasteiger charge is -2.15. The van der Waals surface area contributed by atoms with E-state index in [0.29, 0.717) is 17.1 Å². The number of fused-ring (bicyclic) bond motifs is 1. The molecule has 0 unspecified atom stereocenters. The minimum atomic E-state index is -0.644. The zero-order chi connectivity index (χ0) is 21.1. The van der Waals surface area contributed by atoms with Crippen LogP contribution in [0.5, 0.6) is 0 Å². The van der Waals surface area contributed by atoms with E-state index in [1.807, 2.05) is 59.2 Å². The summed E-state index contributed by atoms with van der Waals surface area (Å²) in [4.78, 5) is 29.4. The average Bonchev–Trinajstić information content (AvgIpc) is 2.77. The molecule has 4 rings (SSSR count). The molecule has 150 valence electrons. The molecule has 0 aliphatic carbocycles. The van der Waals surface area contributed by atoms with Gasteiger partial charge in [-0.3, -0.25) is 9.78 Å². The first-order valence-corrected chi connectivity index (χ1v) is 9.95. The van der Waals surface area contributed by atoms with E-state index in [2.05, 4.69) is 4.98 Å². The molecule has 0 amide bonds. The number of hydrogen-bond acceptors (Lipinski definition) is 4. The molecule has 0 saturated heterocycles. The third-order valence-electron chi connectivity index (χ3n) is 4.85. The van der Waals surface area contributed by atoms with Crippen LogP contribution in [0.2, 0.25) is 5.02 Å². The molecule has 0 N–H and O–H groups in total. The van der Waals surface area contributed by atoms with Gasteiger partial charge in [-0.1, -0.05) is 48.0 Å². The molecular weight excluding hydrogens is 400 g/mol. The molecule has 6 heteroatoms. The maximum absolute atomic E-state index is 12.8. The van der Waals surface area contributed by atoms with Crippen LogP contribution in [0, 0.1) is 0 Å². The molecule has 30 heavy (non-hydrogen) atoms. The first-order chi connectivity index (χ1) is 14.6. The van der Waals surface area contributed by atoms with Gasteiger partial charge >= 0.3 is 5.97 Å². The summed E-state index contributed by atoms with van der Waals surface area (Å²) in [6, 6.07) is 19.2. The molecule has 2 aromatic carbocycles. The summed E-state index contributed by atoms with van der Waals surface area (Å²) >= 11 is 6.04. The number of aromatic nitrogens is 2. The lowest BCUT2D eigenvalue weighted by Crippen LogP contribution is -2.22. The Bertz CT molecular complexity index is 1280. The van der Waals surface area contributed by atoms with Crippen molar-refractivity contribution in [1.29, 1.82) is 0 Å². The minimum Gasteiger partial charge on any atom is -0.462 e. The zero-order valence-corrected chi connectivity index (χ0v) is 17.1. The molecular formula is C24H19ClN2O3. The molecule has 4 aromatic rings. The molecule has 0 bridgehead atoms. The summed E-state index contributed by atoms with van der Waals surface area (Å²) in [6.07, 6.45) is 3.10. The van der Waals surface area contributed by atoms with E-state index in [9.17, 15) is 9.59 Å². The number of carbonyl (C=O) groups is 1. The van der Waals surface area contributed by atoms with Crippen molar-refractivity contribution in [2.45, 2.75) is 13.5 Å². The van der Waals surface area contributed by atoms with Gasteiger partial charge in [-0.05, 0) is 47.9 Å². The van der Waals surface area contributed by atoms with Gasteiger partial charge < -0.3 is 9.30 Å². The van der Waals surface area contributed by atoms with Gasteiger partial charge in [-0.2, -0.15) is 0 Å². The highest BCUT2D eigenvalue weighted by Gasteiger charge is 2.18. The summed E-state index contributed by atoms with van der Waals surface area (Å²) < 4.78 is 6.94. The van der Waals surface area contributed by atoms with Crippen molar-refractivity contribution >= 4 is 28.6 Å². The molecule has 0 radical (unpaired) electrons. The van der Waals surface area contributed by atoms with Crippen molar-refractivity contribution in [2.75, 3.05) is 6.61 Å². The molecule has 5 nitrogen and oxygen atoms in total. The van der Waals surface area contributed by atoms with Gasteiger partial charge in [-0.15, -0.1) is 0 Å². The zero-order valence-electron chi connectivity index (χ0n) is 16.3. The summed E-state index contributed by atoms with van der Waals surface area (Å²) in [5, 5.41) is 0.674. The van der Waals surface area contributed by atoms with Crippen molar-refractivity contribution < 1.29 is 9.53 Å². The lowest BCUT2D eigenvalue weighted by molar-refractivity contribution is 0.0524. The number of pyridine rings is 2. The Hall–Kier alpha value is -3.44. The maximum Gasteiger partial charge on any atom is 0.343 e. The molecule has 0 spiro atoms. The average molecular weight is 419 g/mol. The summed E-state index contributed by atoms with van der Waals surface area (Å²) in [7, 11) is 0. The van der Waals surface area contributed by atoms with E-state index in [-0.39, 0.29) is 17.7 Å². The van der Waals surface area contributed by atoms with Gasteiger partial charge in [0.15, 0.2) is 0 Å². The molecule has 0 aliphatic rings. The highest BCUT2D eigenvalue weighted by molar-refractivity contribution is 6.30. The van der Waals surface area contributed by atoms with E-state index in [0.717, 1.165) is 16.7 Å². The second-order valence-electron chi connectivity index (χ2n) is 6.76. The predicted molar refractivity (Wildman–Crippen MR) is 118 cm³/mol. The van der Waals surface area contributed by atoms with Crippen molar-refractivity contribution in [3.63, 3.8) is 0 Å². The van der Waals surface area contributed by atoms with Crippen LogP contribution >= 0.6 is 11.6 Å². The number of hydrogen-bond donors (Lipinski definition) is 0. The Kier molecular flexibility index (Phi) is 5.63. The van der Waals surface area contributed by atoms with Crippen LogP contribution in [0.25, 0.3) is 22.2 Å². The van der Waals surface area contributed by atoms with E-state index < -0.39 is 11.4 Å². The monoisotopic (exact) mass is 418 g/mol. The number of ether oxygens (including phenoxy) is 1. The van der Waals surface area contributed by atoms with Crippen molar-refractivity contribution in [1.82, 2.24) is 9.55 Å². The molecule has 2 heterocycles. The maximum atomic E-state index is 12.8. The number of carbonyl (C=O) groups excluding carboxylic acids is 1. The molecule has 0 saturated carbocycles. The Morgan fingerprint density at radius 1 is 1.07 bits per heavy atom. The van der Waals surface area contributed by atoms with Crippen LogP contribution in [-0.2, 0) is 11.3 Å². The van der Waals surface area contributed by atoms with Gasteiger partial charge in [0.25, 0.3) is 0 Å². The third-order valence-corrected chi connectivity index (χ3v) is 5.10. The fraction of sp³-hybridized carbons (Fsp3) is 0.125. The van der Waals surface area contributed by atoms with Gasteiger partial charge in [0.1, 0.15) is 11.1 Å². The molecule has 0 aliphatic heterocycles. The highest BCUT2D eigenvalue weighted by atomic mass is 35.5. The smallest absolute Gasteiger partial charge is 0.343 e. The van der Waals surface area contributed by atoms with Crippen LogP contribution < -0.4 is 5.43 Å². The van der Waals surface area contributed by atoms with E-state index in [1.54, 1.807) is 25.4 Å². The van der Waals surface area contributed by atoms with Crippen LogP contribution in [0.15, 0.2) is 77.9 Å². The van der Waals surface area contributed by atoms with E-state index in [1.165, 1.54) is 0 Å². The first-order valence-electron chi connectivity index (χ1n) is 9.57. The first kappa shape index (κ1) is 19.9. The van der Waals surface area contributed by atoms with Crippen molar-refractivity contribution in [3.8, 4) is 11.1 Å². The van der Waals surface area contributed by atoms with Crippen LogP contribution in [0.4, 0.5) is 0 Å². The summed E-state index contributed by atoms with van der Waals surface area (Å²) in [5.74, 6) is -0.644. The number of rotatable bonds is 5. The van der Waals surface area contributed by atoms with Crippen molar-refractivity contribution in [2.24, 2.45) is 0 Å². The molecule has 0 fully saturated rings. The second-order valence-corrected chi connectivity index (χ2v) is 7.19. The Balaban J connectivity index is 1.86. The largest absolute Gasteiger partial charge is 0.462 e. The van der Waals surface area contributed by atoms with Gasteiger partial charge in [0.05, 0.1) is 12.1 Å². The fourth-order valence-corrected chi connectivity index (χ4v) is 3.58. The van der Waals surface area contributed by atoms with Gasteiger partial charge in [0.2, 0.25) is 5.43 Å². The number of benzene rings is 2. The van der Waals surface area contributed by atoms with Gasteiger partial charge in [0, 0.05) is 24.0 Å². The van der Waals surface area contributed by atoms with Crippen LogP contribution in [-0.4, -0.2) is 22.1 Å². The summed E-state index contributed by atoms with van der Waals surface area (Å²) in [5.41, 5.74) is 3.56. The fourth-order valence-electron chi connectivity index (χ4n) is 3.45. The van der Waals surface area contributed by atoms with E-state index >= 15 is 0 Å². The standard InChI is InChI=1S/C24H19ClN2O3/c1-2-30-24(29)20-15-27(21-8-5-13-26-22(21)23(20)28)14-17-6-3-4-7-19(17)16-9-11-18(25)12-10-16/h3-13,15H,2,14H2,1H3. The normalized spacial score (nSPS) is 10.9. The lowest BCUT2D eigenvalue weighted by atomic mass is 9.99. The molecule has 0 atom stereocenters. The SMILES string of the molecule is CCOC(=O)c1cn(Cc2ccccc2-c2ccc(Cl)cc2)c2cccnc2c1=O. The topological polar surface area (TPSA) is 61.2 Å². The van der Waals surface area contributed by atoms with Gasteiger partial charge in [-0.25, -0.2) is 4.79 Å². The minimum absolute atomic E-state index is 0.0213. The van der Waals surface area contributed by atoms with E-state index in [4.69, 9.17) is 16.3 Å². The molecule has 2 aromatic heterocycles. The third kappa shape index (κ3) is 3.84. The number of nitrogens with zero attached hydrogens (tertiary/aromatic N) is 2. The predicted octanol–water partition coefficient (Wildman–Crippen LogP) is 4.94. The number of esters is 1. The Morgan fingerprint density at radius 3 is 2.60 bits per heavy atom. The van der Waals surface area contributed by atoms with Crippen LogP contribution in [0.3, 0.4) is 0 Å². The second kappa shape index (κ2) is 8.51. The highest BCUT2D eigenvalue weighted by Crippen LogP contribution is 2.26. The Labute approximate surface area is 178 Å². The quantitative estimate of drug-likeness (QED) is 0.430. The Morgan fingerprint density at radius 2 is 1.83 bits per heavy atom.